The molecule has 0 amide bonds. The molecule has 45 heavy (non-hydrogen) atoms. The van der Waals surface area contributed by atoms with Crippen molar-refractivity contribution in [2.24, 2.45) is 0 Å². The van der Waals surface area contributed by atoms with Crippen LogP contribution in [-0.4, -0.2) is 133 Å². The molecule has 0 saturated carbocycles. The number of nitrogens with zero attached hydrogens (tertiary/aromatic N) is 3. The van der Waals surface area contributed by atoms with Gasteiger partial charge in [-0.15, -0.1) is 0 Å². The first kappa shape index (κ1) is 33.0. The van der Waals surface area contributed by atoms with Gasteiger partial charge in [-0.3, -0.25) is 19.5 Å². The summed E-state index contributed by atoms with van der Waals surface area (Å²) in [5, 5.41) is 0. The largest absolute Gasteiger partial charge is 0.493 e. The van der Waals surface area contributed by atoms with E-state index in [0.717, 1.165) is 94.5 Å². The lowest BCUT2D eigenvalue weighted by Crippen LogP contribution is -2.38. The molecule has 0 atom stereocenters. The van der Waals surface area contributed by atoms with Crippen LogP contribution in [-0.2, 0) is 14.3 Å². The molecule has 10 nitrogen and oxygen atoms in total. The number of carbonyl (C=O) groups excluding carboxylic acids is 1. The number of Topliss-reactive ketones (excluding diaryl/α,β-unsaturated/α-hetero) is 1. The Morgan fingerprint density at radius 2 is 1.11 bits per heavy atom. The molecule has 244 valence electrons. The highest BCUT2D eigenvalue weighted by Crippen LogP contribution is 2.32. The Hall–Kier alpha value is -3.41. The molecule has 0 bridgehead atoms. The van der Waals surface area contributed by atoms with Gasteiger partial charge in [0.2, 0.25) is 0 Å². The molecule has 0 radical (unpaired) electrons. The summed E-state index contributed by atoms with van der Waals surface area (Å²) < 4.78 is 34.3. The number of likely N-dealkylation sites (tertiary alicyclic amines) is 1. The fourth-order valence-electron chi connectivity index (χ4n) is 5.74. The summed E-state index contributed by atoms with van der Waals surface area (Å²) in [5.74, 6) is 2.74. The van der Waals surface area contributed by atoms with Crippen molar-refractivity contribution in [3.63, 3.8) is 0 Å². The molecular formula is C35H47N3O7. The number of piperidine rings is 1. The van der Waals surface area contributed by atoms with Crippen LogP contribution in [0.4, 0.5) is 0 Å². The molecule has 3 aliphatic rings. The van der Waals surface area contributed by atoms with Crippen molar-refractivity contribution in [3.8, 4) is 23.0 Å². The molecule has 2 aromatic rings. The lowest BCUT2D eigenvalue weighted by Gasteiger charge is -2.28. The number of hydrogen-bond acceptors (Lipinski definition) is 10. The van der Waals surface area contributed by atoms with Crippen molar-refractivity contribution < 1.29 is 33.2 Å². The van der Waals surface area contributed by atoms with Gasteiger partial charge in [0.1, 0.15) is 13.2 Å². The van der Waals surface area contributed by atoms with Crippen LogP contribution in [0.1, 0.15) is 18.1 Å². The zero-order chi connectivity index (χ0) is 31.4. The summed E-state index contributed by atoms with van der Waals surface area (Å²) in [6, 6.07) is 11.7. The summed E-state index contributed by atoms with van der Waals surface area (Å²) in [6.45, 7) is 13.7. The van der Waals surface area contributed by atoms with Gasteiger partial charge in [0, 0.05) is 63.5 Å². The maximum atomic E-state index is 13.7. The van der Waals surface area contributed by atoms with Crippen molar-refractivity contribution in [3.05, 3.63) is 58.7 Å². The molecule has 5 rings (SSSR count). The fourth-order valence-corrected chi connectivity index (χ4v) is 5.74. The lowest BCUT2D eigenvalue weighted by atomic mass is 9.94. The predicted octanol–water partition coefficient (Wildman–Crippen LogP) is 3.50. The minimum Gasteiger partial charge on any atom is -0.493 e. The number of rotatable bonds is 13. The Bertz CT molecular complexity index is 1240. The number of hydrogen-bond donors (Lipinski definition) is 0. The van der Waals surface area contributed by atoms with Crippen molar-refractivity contribution in [2.75, 3.05) is 113 Å². The third-order valence-corrected chi connectivity index (χ3v) is 8.41. The van der Waals surface area contributed by atoms with Gasteiger partial charge in [-0.2, -0.15) is 0 Å². The average molecular weight is 622 g/mol. The van der Waals surface area contributed by atoms with Crippen LogP contribution in [0.2, 0.25) is 0 Å². The number of methoxy groups -OCH3 is 2. The Labute approximate surface area is 267 Å². The maximum absolute atomic E-state index is 13.7. The molecule has 0 unspecified atom stereocenters. The molecule has 0 aliphatic carbocycles. The molecular weight excluding hydrogens is 574 g/mol. The highest BCUT2D eigenvalue weighted by molar-refractivity contribution is 6.14. The van der Waals surface area contributed by atoms with Crippen LogP contribution in [0, 0.1) is 0 Å². The molecule has 3 aliphatic heterocycles. The zero-order valence-corrected chi connectivity index (χ0v) is 26.9. The van der Waals surface area contributed by atoms with E-state index in [1.54, 1.807) is 14.2 Å². The first-order valence-electron chi connectivity index (χ1n) is 16.0. The van der Waals surface area contributed by atoms with Crippen LogP contribution in [0.25, 0.3) is 12.2 Å². The van der Waals surface area contributed by atoms with E-state index in [2.05, 4.69) is 21.6 Å². The second-order valence-corrected chi connectivity index (χ2v) is 11.4. The van der Waals surface area contributed by atoms with E-state index < -0.39 is 0 Å². The van der Waals surface area contributed by atoms with Crippen molar-refractivity contribution >= 4 is 17.9 Å². The van der Waals surface area contributed by atoms with Gasteiger partial charge in [-0.1, -0.05) is 19.1 Å². The fraction of sp³-hybridized carbons (Fsp3) is 0.514. The van der Waals surface area contributed by atoms with Crippen molar-refractivity contribution in [1.82, 2.24) is 14.7 Å². The molecule has 3 saturated heterocycles. The minimum atomic E-state index is 0.0503. The lowest BCUT2D eigenvalue weighted by molar-refractivity contribution is -0.113. The minimum absolute atomic E-state index is 0.0503. The van der Waals surface area contributed by atoms with Crippen LogP contribution in [0.15, 0.2) is 47.5 Å². The normalized spacial score (nSPS) is 20.5. The van der Waals surface area contributed by atoms with E-state index in [0.29, 0.717) is 49.3 Å². The topological polar surface area (TPSA) is 82.2 Å². The highest BCUT2D eigenvalue weighted by Gasteiger charge is 2.25. The highest BCUT2D eigenvalue weighted by atomic mass is 16.5. The molecule has 0 N–H and O–H groups in total. The van der Waals surface area contributed by atoms with Gasteiger partial charge in [0.15, 0.2) is 28.8 Å². The van der Waals surface area contributed by atoms with E-state index in [4.69, 9.17) is 28.4 Å². The van der Waals surface area contributed by atoms with Gasteiger partial charge in [0.25, 0.3) is 0 Å². The van der Waals surface area contributed by atoms with Crippen LogP contribution in [0.5, 0.6) is 23.0 Å². The van der Waals surface area contributed by atoms with Gasteiger partial charge in [0.05, 0.1) is 40.6 Å². The quantitative estimate of drug-likeness (QED) is 0.310. The summed E-state index contributed by atoms with van der Waals surface area (Å²) >= 11 is 0. The summed E-state index contributed by atoms with van der Waals surface area (Å²) in [7, 11) is 3.28. The van der Waals surface area contributed by atoms with Crippen LogP contribution >= 0.6 is 0 Å². The standard InChI is InChI=1S/C35H47N3O7/c1-4-36-25-29(21-27-5-7-31(33(23-27)40-2)44-19-13-37-9-15-42-16-10-37)35(39)30(26-36)22-28-6-8-32(34(24-28)41-3)45-20-14-38-11-17-43-18-12-38/h5-8,21-24H,4,9-20,25-26H2,1-3H3/b29-21+,30-22+. The van der Waals surface area contributed by atoms with E-state index in [1.165, 1.54) is 0 Å². The van der Waals surface area contributed by atoms with Gasteiger partial charge < -0.3 is 28.4 Å². The Balaban J connectivity index is 1.26. The molecule has 3 fully saturated rings. The summed E-state index contributed by atoms with van der Waals surface area (Å²) in [6.07, 6.45) is 3.92. The summed E-state index contributed by atoms with van der Waals surface area (Å²) in [4.78, 5) is 20.7. The number of benzene rings is 2. The van der Waals surface area contributed by atoms with Crippen LogP contribution in [0.3, 0.4) is 0 Å². The second-order valence-electron chi connectivity index (χ2n) is 11.4. The number of carbonyl (C=O) groups is 1. The SMILES string of the molecule is CCN1C/C(=C\c2ccc(OCCN3CCOCC3)c(OC)c2)C(=O)/C(=C/c2ccc(OCCN3CCOCC3)c(OC)c2)C1. The van der Waals surface area contributed by atoms with E-state index in [-0.39, 0.29) is 5.78 Å². The van der Waals surface area contributed by atoms with Crippen molar-refractivity contribution in [1.29, 1.82) is 0 Å². The van der Waals surface area contributed by atoms with Gasteiger partial charge in [-0.05, 0) is 54.1 Å². The van der Waals surface area contributed by atoms with Crippen LogP contribution < -0.4 is 18.9 Å². The first-order chi connectivity index (χ1) is 22.1. The molecule has 0 aromatic heterocycles. The summed E-state index contributed by atoms with van der Waals surface area (Å²) in [5.41, 5.74) is 3.28. The Morgan fingerprint density at radius 3 is 1.51 bits per heavy atom. The zero-order valence-electron chi connectivity index (χ0n) is 26.9. The van der Waals surface area contributed by atoms with E-state index in [9.17, 15) is 4.79 Å². The smallest absolute Gasteiger partial charge is 0.187 e. The first-order valence-corrected chi connectivity index (χ1v) is 16.0. The number of ether oxygens (including phenoxy) is 6. The average Bonchev–Trinajstić information content (AvgIpc) is 3.08. The third-order valence-electron chi connectivity index (χ3n) is 8.41. The molecule has 2 aromatic carbocycles. The third kappa shape index (κ3) is 9.31. The van der Waals surface area contributed by atoms with E-state index in [1.807, 2.05) is 48.6 Å². The van der Waals surface area contributed by atoms with E-state index >= 15 is 0 Å². The maximum Gasteiger partial charge on any atom is 0.187 e. The monoisotopic (exact) mass is 621 g/mol. The molecule has 0 spiro atoms. The second kappa shape index (κ2) is 16.8. The Kier molecular flexibility index (Phi) is 12.3. The number of ketones is 1. The van der Waals surface area contributed by atoms with Gasteiger partial charge >= 0.3 is 0 Å². The number of likely N-dealkylation sites (N-methyl/N-ethyl adjacent to an activating group) is 1. The van der Waals surface area contributed by atoms with Gasteiger partial charge in [-0.25, -0.2) is 0 Å². The van der Waals surface area contributed by atoms with Crippen molar-refractivity contribution in [2.45, 2.75) is 6.92 Å². The molecule has 3 heterocycles. The predicted molar refractivity (Wildman–Crippen MR) is 175 cm³/mol. The molecule has 10 heteroatoms. The Morgan fingerprint density at radius 1 is 0.667 bits per heavy atom. The number of morpholine rings is 2.